The molecule has 0 aliphatic heterocycles. The van der Waals surface area contributed by atoms with Gasteiger partial charge in [-0.1, -0.05) is 48.5 Å². The summed E-state index contributed by atoms with van der Waals surface area (Å²) in [6.45, 7) is 0. The fourth-order valence-electron chi connectivity index (χ4n) is 3.53. The fourth-order valence-corrected chi connectivity index (χ4v) is 3.53. The first-order valence-corrected chi connectivity index (χ1v) is 10.2. The molecule has 1 heterocycles. The average molecular weight is 420 g/mol. The summed E-state index contributed by atoms with van der Waals surface area (Å²) in [6.07, 6.45) is 0. The van der Waals surface area contributed by atoms with Crippen LogP contribution in [-0.2, 0) is 0 Å². The summed E-state index contributed by atoms with van der Waals surface area (Å²) in [5.41, 5.74) is 5.55. The summed E-state index contributed by atoms with van der Waals surface area (Å²) in [5, 5.41) is 2.94. The van der Waals surface area contributed by atoms with Crippen molar-refractivity contribution in [2.45, 2.75) is 0 Å². The molecule has 0 bridgehead atoms. The van der Waals surface area contributed by atoms with Crippen molar-refractivity contribution in [2.24, 2.45) is 0 Å². The van der Waals surface area contributed by atoms with Crippen LogP contribution in [0.15, 0.2) is 101 Å². The van der Waals surface area contributed by atoms with Crippen LogP contribution in [0.2, 0.25) is 0 Å². The smallest absolute Gasteiger partial charge is 0.255 e. The van der Waals surface area contributed by atoms with Crippen molar-refractivity contribution in [1.82, 2.24) is 4.98 Å². The molecule has 0 unspecified atom stereocenters. The molecule has 1 N–H and O–H groups in total. The van der Waals surface area contributed by atoms with Crippen LogP contribution in [0, 0.1) is 0 Å². The quantitative estimate of drug-likeness (QED) is 0.356. The SMILES string of the molecule is COc1cccc(-c2nc3cc(NC(=O)c4ccc(-c5ccccc5)cc4)ccc3o2)c1. The number of anilines is 1. The Hall–Kier alpha value is -4.38. The summed E-state index contributed by atoms with van der Waals surface area (Å²) in [6, 6.07) is 30.6. The Bertz CT molecular complexity index is 1390. The van der Waals surface area contributed by atoms with Crippen molar-refractivity contribution in [1.29, 1.82) is 0 Å². The third kappa shape index (κ3) is 3.96. The van der Waals surface area contributed by atoms with Gasteiger partial charge in [-0.3, -0.25) is 4.79 Å². The third-order valence-electron chi connectivity index (χ3n) is 5.22. The summed E-state index contributed by atoms with van der Waals surface area (Å²) >= 11 is 0. The highest BCUT2D eigenvalue weighted by Crippen LogP contribution is 2.28. The maximum absolute atomic E-state index is 12.7. The molecule has 0 aliphatic rings. The molecule has 156 valence electrons. The van der Waals surface area contributed by atoms with Gasteiger partial charge in [0.15, 0.2) is 5.58 Å². The van der Waals surface area contributed by atoms with Gasteiger partial charge in [-0.05, 0) is 59.7 Å². The van der Waals surface area contributed by atoms with Gasteiger partial charge < -0.3 is 14.5 Å². The Labute approximate surface area is 185 Å². The molecule has 5 nitrogen and oxygen atoms in total. The minimum Gasteiger partial charge on any atom is -0.497 e. The predicted octanol–water partition coefficient (Wildman–Crippen LogP) is 6.42. The number of nitrogens with one attached hydrogen (secondary N) is 1. The van der Waals surface area contributed by atoms with Gasteiger partial charge in [0.25, 0.3) is 5.91 Å². The van der Waals surface area contributed by atoms with Crippen molar-refractivity contribution < 1.29 is 13.9 Å². The normalized spacial score (nSPS) is 10.8. The number of hydrogen-bond donors (Lipinski definition) is 1. The fraction of sp³-hybridized carbons (Fsp3) is 0.0370. The summed E-state index contributed by atoms with van der Waals surface area (Å²) in [7, 11) is 1.62. The molecular formula is C27H20N2O3. The molecule has 0 fully saturated rings. The number of oxazole rings is 1. The van der Waals surface area contributed by atoms with Crippen molar-refractivity contribution >= 4 is 22.7 Å². The number of carbonyl (C=O) groups excluding carboxylic acids is 1. The second kappa shape index (κ2) is 8.40. The lowest BCUT2D eigenvalue weighted by Crippen LogP contribution is -2.11. The Kier molecular flexibility index (Phi) is 5.14. The van der Waals surface area contributed by atoms with Gasteiger partial charge in [0.05, 0.1) is 7.11 Å². The standard InChI is InChI=1S/C27H20N2O3/c1-31-23-9-5-8-21(16-23)27-29-24-17-22(14-15-25(24)32-27)28-26(30)20-12-10-19(11-13-20)18-6-3-2-4-7-18/h2-17H,1H3,(H,28,30). The molecule has 4 aromatic carbocycles. The number of amides is 1. The molecule has 5 aromatic rings. The minimum atomic E-state index is -0.180. The summed E-state index contributed by atoms with van der Waals surface area (Å²) < 4.78 is 11.1. The summed E-state index contributed by atoms with van der Waals surface area (Å²) in [5.74, 6) is 1.05. The molecule has 5 rings (SSSR count). The maximum atomic E-state index is 12.7. The number of rotatable bonds is 5. The van der Waals surface area contributed by atoms with Gasteiger partial charge in [0.1, 0.15) is 11.3 Å². The molecule has 0 saturated carbocycles. The second-order valence-corrected chi connectivity index (χ2v) is 7.33. The number of hydrogen-bond acceptors (Lipinski definition) is 4. The van der Waals surface area contributed by atoms with Crippen molar-refractivity contribution in [2.75, 3.05) is 12.4 Å². The van der Waals surface area contributed by atoms with E-state index in [0.29, 0.717) is 28.2 Å². The van der Waals surface area contributed by atoms with Gasteiger partial charge in [-0.15, -0.1) is 0 Å². The van der Waals surface area contributed by atoms with Gasteiger partial charge in [0.2, 0.25) is 5.89 Å². The lowest BCUT2D eigenvalue weighted by Gasteiger charge is -2.06. The largest absolute Gasteiger partial charge is 0.497 e. The van der Waals surface area contributed by atoms with Crippen molar-refractivity contribution in [3.05, 3.63) is 103 Å². The van der Waals surface area contributed by atoms with E-state index in [0.717, 1.165) is 22.4 Å². The third-order valence-corrected chi connectivity index (χ3v) is 5.22. The van der Waals surface area contributed by atoms with E-state index in [9.17, 15) is 4.79 Å². The maximum Gasteiger partial charge on any atom is 0.255 e. The van der Waals surface area contributed by atoms with Gasteiger partial charge in [0, 0.05) is 16.8 Å². The topological polar surface area (TPSA) is 64.4 Å². The molecule has 0 spiro atoms. The molecule has 0 saturated heterocycles. The van der Waals surface area contributed by atoms with Crippen LogP contribution < -0.4 is 10.1 Å². The Balaban J connectivity index is 1.35. The Morgan fingerprint density at radius 1 is 0.812 bits per heavy atom. The van der Waals surface area contributed by atoms with E-state index in [1.165, 1.54) is 0 Å². The van der Waals surface area contributed by atoms with Crippen molar-refractivity contribution in [3.8, 4) is 28.3 Å². The van der Waals surface area contributed by atoms with Gasteiger partial charge >= 0.3 is 0 Å². The zero-order valence-electron chi connectivity index (χ0n) is 17.4. The van der Waals surface area contributed by atoms with Crippen LogP contribution in [0.4, 0.5) is 5.69 Å². The molecule has 32 heavy (non-hydrogen) atoms. The lowest BCUT2D eigenvalue weighted by atomic mass is 10.0. The number of benzene rings is 4. The molecule has 1 amide bonds. The lowest BCUT2D eigenvalue weighted by molar-refractivity contribution is 0.102. The Morgan fingerprint density at radius 3 is 2.34 bits per heavy atom. The van der Waals surface area contributed by atoms with Crippen LogP contribution in [-0.4, -0.2) is 18.0 Å². The van der Waals surface area contributed by atoms with E-state index in [1.54, 1.807) is 25.3 Å². The first-order chi connectivity index (χ1) is 15.7. The molecule has 1 aromatic heterocycles. The van der Waals surface area contributed by atoms with Gasteiger partial charge in [-0.25, -0.2) is 4.98 Å². The van der Waals surface area contributed by atoms with E-state index in [1.807, 2.05) is 78.9 Å². The van der Waals surface area contributed by atoms with Crippen LogP contribution >= 0.6 is 0 Å². The highest BCUT2D eigenvalue weighted by atomic mass is 16.5. The minimum absolute atomic E-state index is 0.180. The predicted molar refractivity (Wildman–Crippen MR) is 126 cm³/mol. The first-order valence-electron chi connectivity index (χ1n) is 10.2. The van der Waals surface area contributed by atoms with E-state index in [2.05, 4.69) is 10.3 Å². The van der Waals surface area contributed by atoms with Crippen molar-refractivity contribution in [3.63, 3.8) is 0 Å². The van der Waals surface area contributed by atoms with E-state index >= 15 is 0 Å². The first kappa shape index (κ1) is 19.6. The average Bonchev–Trinajstić information content (AvgIpc) is 3.28. The highest BCUT2D eigenvalue weighted by Gasteiger charge is 2.12. The molecule has 0 aliphatic carbocycles. The molecular weight excluding hydrogens is 400 g/mol. The van der Waals surface area contributed by atoms with Crippen LogP contribution in [0.3, 0.4) is 0 Å². The Morgan fingerprint density at radius 2 is 1.56 bits per heavy atom. The number of aromatic nitrogens is 1. The zero-order valence-corrected chi connectivity index (χ0v) is 17.4. The number of ether oxygens (including phenoxy) is 1. The van der Waals surface area contributed by atoms with Crippen LogP contribution in [0.1, 0.15) is 10.4 Å². The number of nitrogens with zero attached hydrogens (tertiary/aromatic N) is 1. The summed E-state index contributed by atoms with van der Waals surface area (Å²) in [4.78, 5) is 17.3. The monoisotopic (exact) mass is 420 g/mol. The van der Waals surface area contributed by atoms with E-state index in [4.69, 9.17) is 9.15 Å². The zero-order chi connectivity index (χ0) is 21.9. The number of carbonyl (C=O) groups is 1. The van der Waals surface area contributed by atoms with Crippen LogP contribution in [0.25, 0.3) is 33.7 Å². The number of fused-ring (bicyclic) bond motifs is 1. The highest BCUT2D eigenvalue weighted by molar-refractivity contribution is 6.05. The molecule has 0 radical (unpaired) electrons. The number of methoxy groups -OCH3 is 1. The van der Waals surface area contributed by atoms with E-state index in [-0.39, 0.29) is 5.91 Å². The van der Waals surface area contributed by atoms with E-state index < -0.39 is 0 Å². The van der Waals surface area contributed by atoms with Gasteiger partial charge in [-0.2, -0.15) is 0 Å². The molecule has 5 heteroatoms. The second-order valence-electron chi connectivity index (χ2n) is 7.33. The van der Waals surface area contributed by atoms with Crippen LogP contribution in [0.5, 0.6) is 5.75 Å². The molecule has 0 atom stereocenters.